The first kappa shape index (κ1) is 7.12. The van der Waals surface area contributed by atoms with Crippen molar-refractivity contribution >= 4 is 6.09 Å². The van der Waals surface area contributed by atoms with Crippen LogP contribution in [0, 0.1) is 0 Å². The van der Waals surface area contributed by atoms with Gasteiger partial charge in [-0.25, -0.2) is 4.79 Å². The highest BCUT2D eigenvalue weighted by Gasteiger charge is 2.19. The van der Waals surface area contributed by atoms with Crippen LogP contribution in [-0.2, 0) is 4.74 Å². The number of hydrogen-bond acceptors (Lipinski definition) is 2. The summed E-state index contributed by atoms with van der Waals surface area (Å²) in [6.07, 6.45) is 0.498. The van der Waals surface area contributed by atoms with E-state index >= 15 is 0 Å². The van der Waals surface area contributed by atoms with Gasteiger partial charge in [-0.3, -0.25) is 0 Å². The topological polar surface area (TPSA) is 29.5 Å². The van der Waals surface area contributed by atoms with E-state index in [1.165, 1.54) is 0 Å². The molecule has 0 unspecified atom stereocenters. The van der Waals surface area contributed by atoms with Crippen LogP contribution in [-0.4, -0.2) is 24.1 Å². The van der Waals surface area contributed by atoms with E-state index in [0.29, 0.717) is 12.3 Å². The first-order chi connectivity index (χ1) is 4.74. The minimum Gasteiger partial charge on any atom is -0.415 e. The van der Waals surface area contributed by atoms with Crippen LogP contribution in [0.5, 0.6) is 0 Å². The molecule has 0 atom stereocenters. The number of nitrogens with zero attached hydrogens (tertiary/aromatic N) is 1. The summed E-state index contributed by atoms with van der Waals surface area (Å²) in [5.41, 5.74) is 0. The molecule has 0 aromatic carbocycles. The van der Waals surface area contributed by atoms with Gasteiger partial charge < -0.3 is 9.64 Å². The van der Waals surface area contributed by atoms with Crippen LogP contribution in [0.15, 0.2) is 12.3 Å². The molecule has 1 saturated heterocycles. The quantitative estimate of drug-likeness (QED) is 0.551. The molecule has 0 spiro atoms. The van der Waals surface area contributed by atoms with Crippen molar-refractivity contribution in [2.75, 3.05) is 13.1 Å². The number of cyclic esters (lactones) is 1. The van der Waals surface area contributed by atoms with E-state index in [1.54, 1.807) is 4.90 Å². The average Bonchev–Trinajstić information content (AvgIpc) is 1.88. The molecule has 1 aliphatic rings. The predicted octanol–water partition coefficient (Wildman–Crippen LogP) is 1.36. The van der Waals surface area contributed by atoms with Crippen LogP contribution in [0.25, 0.3) is 0 Å². The van der Waals surface area contributed by atoms with E-state index < -0.39 is 0 Å². The van der Waals surface area contributed by atoms with Crippen LogP contribution >= 0.6 is 0 Å². The van der Waals surface area contributed by atoms with Crippen molar-refractivity contribution < 1.29 is 9.53 Å². The summed E-state index contributed by atoms with van der Waals surface area (Å²) in [5.74, 6) is 0.578. The first-order valence-electron chi connectivity index (χ1n) is 3.38. The number of rotatable bonds is 1. The second-order valence-electron chi connectivity index (χ2n) is 2.24. The molecule has 1 fully saturated rings. The molecule has 10 heavy (non-hydrogen) atoms. The van der Waals surface area contributed by atoms with E-state index in [1.807, 2.05) is 6.92 Å². The van der Waals surface area contributed by atoms with Crippen molar-refractivity contribution in [3.05, 3.63) is 12.3 Å². The van der Waals surface area contributed by atoms with E-state index in [9.17, 15) is 4.79 Å². The maximum absolute atomic E-state index is 10.9. The lowest BCUT2D eigenvalue weighted by Gasteiger charge is -2.25. The fraction of sp³-hybridized carbons (Fsp3) is 0.571. The fourth-order valence-corrected chi connectivity index (χ4v) is 0.877. The molecule has 1 rings (SSSR count). The minimum atomic E-state index is -0.265. The first-order valence-corrected chi connectivity index (χ1v) is 3.38. The molecule has 1 amide bonds. The number of hydrogen-bond donors (Lipinski definition) is 0. The number of carbonyl (C=O) groups is 1. The Morgan fingerprint density at radius 1 is 1.80 bits per heavy atom. The van der Waals surface area contributed by atoms with Gasteiger partial charge >= 0.3 is 6.09 Å². The Balaban J connectivity index is 2.51. The van der Waals surface area contributed by atoms with E-state index in [0.717, 1.165) is 13.0 Å². The van der Waals surface area contributed by atoms with Crippen molar-refractivity contribution in [1.82, 2.24) is 4.90 Å². The number of amides is 1. The Hall–Kier alpha value is -0.990. The molecule has 1 heterocycles. The van der Waals surface area contributed by atoms with Gasteiger partial charge in [0, 0.05) is 19.5 Å². The monoisotopic (exact) mass is 141 g/mol. The molecule has 0 radical (unpaired) electrons. The van der Waals surface area contributed by atoms with Gasteiger partial charge in [-0.05, 0) is 6.92 Å². The maximum Gasteiger partial charge on any atom is 0.414 e. The summed E-state index contributed by atoms with van der Waals surface area (Å²) >= 11 is 0. The highest BCUT2D eigenvalue weighted by Crippen LogP contribution is 2.11. The van der Waals surface area contributed by atoms with Crippen LogP contribution in [0.2, 0.25) is 0 Å². The zero-order valence-electron chi connectivity index (χ0n) is 6.09. The van der Waals surface area contributed by atoms with Crippen molar-refractivity contribution in [2.24, 2.45) is 0 Å². The number of carbonyl (C=O) groups excluding carboxylic acids is 1. The molecular weight excluding hydrogens is 130 g/mol. The molecular formula is C7H11NO2. The zero-order chi connectivity index (χ0) is 7.56. The van der Waals surface area contributed by atoms with E-state index in [2.05, 4.69) is 6.58 Å². The lowest BCUT2D eigenvalue weighted by Crippen LogP contribution is -2.36. The van der Waals surface area contributed by atoms with Gasteiger partial charge in [0.05, 0.1) is 0 Å². The molecule has 0 aromatic rings. The third-order valence-electron chi connectivity index (χ3n) is 1.53. The molecule has 0 N–H and O–H groups in total. The zero-order valence-corrected chi connectivity index (χ0v) is 6.09. The van der Waals surface area contributed by atoms with Crippen molar-refractivity contribution in [3.8, 4) is 0 Å². The second-order valence-corrected chi connectivity index (χ2v) is 2.24. The van der Waals surface area contributed by atoms with Gasteiger partial charge in [0.15, 0.2) is 0 Å². The minimum absolute atomic E-state index is 0.265. The Labute approximate surface area is 60.3 Å². The summed E-state index contributed by atoms with van der Waals surface area (Å²) < 4.78 is 4.78. The molecule has 3 nitrogen and oxygen atoms in total. The summed E-state index contributed by atoms with van der Waals surface area (Å²) in [6.45, 7) is 6.95. The maximum atomic E-state index is 10.9. The van der Waals surface area contributed by atoms with Gasteiger partial charge in [-0.1, -0.05) is 6.58 Å². The second kappa shape index (κ2) is 2.73. The lowest BCUT2D eigenvalue weighted by molar-refractivity contribution is 0.108. The molecule has 0 saturated carbocycles. The Morgan fingerprint density at radius 3 is 3.00 bits per heavy atom. The largest absolute Gasteiger partial charge is 0.415 e. The Morgan fingerprint density at radius 2 is 2.50 bits per heavy atom. The van der Waals surface area contributed by atoms with Gasteiger partial charge in [-0.15, -0.1) is 0 Å². The molecule has 56 valence electrons. The highest BCUT2D eigenvalue weighted by molar-refractivity contribution is 5.69. The van der Waals surface area contributed by atoms with Crippen LogP contribution in [0.4, 0.5) is 4.79 Å². The smallest absolute Gasteiger partial charge is 0.414 e. The summed E-state index contributed by atoms with van der Waals surface area (Å²) in [4.78, 5) is 12.5. The van der Waals surface area contributed by atoms with Crippen molar-refractivity contribution in [3.63, 3.8) is 0 Å². The molecule has 1 aliphatic heterocycles. The van der Waals surface area contributed by atoms with E-state index in [-0.39, 0.29) is 6.09 Å². The fourth-order valence-electron chi connectivity index (χ4n) is 0.877. The molecule has 0 aliphatic carbocycles. The molecule has 3 heteroatoms. The van der Waals surface area contributed by atoms with Gasteiger partial charge in [-0.2, -0.15) is 0 Å². The van der Waals surface area contributed by atoms with Crippen LogP contribution in [0.1, 0.15) is 13.3 Å². The third-order valence-corrected chi connectivity index (χ3v) is 1.53. The Bertz CT molecular complexity index is 165. The van der Waals surface area contributed by atoms with Crippen molar-refractivity contribution in [1.29, 1.82) is 0 Å². The van der Waals surface area contributed by atoms with Crippen molar-refractivity contribution in [2.45, 2.75) is 13.3 Å². The van der Waals surface area contributed by atoms with Crippen LogP contribution < -0.4 is 0 Å². The van der Waals surface area contributed by atoms with Gasteiger partial charge in [0.1, 0.15) is 5.76 Å². The summed E-state index contributed by atoms with van der Waals surface area (Å²) in [7, 11) is 0. The van der Waals surface area contributed by atoms with Gasteiger partial charge in [0.25, 0.3) is 0 Å². The average molecular weight is 141 g/mol. The summed E-state index contributed by atoms with van der Waals surface area (Å²) in [6, 6.07) is 0. The summed E-state index contributed by atoms with van der Waals surface area (Å²) in [5, 5.41) is 0. The molecule has 0 aromatic heterocycles. The predicted molar refractivity (Wildman–Crippen MR) is 37.5 cm³/mol. The molecule has 0 bridgehead atoms. The number of ether oxygens (including phenoxy) is 1. The lowest BCUT2D eigenvalue weighted by atomic mass is 10.3. The standard InChI is InChI=1S/C7H11NO2/c1-3-8-5-4-6(2)10-7(8)9/h2-5H2,1H3. The van der Waals surface area contributed by atoms with E-state index in [4.69, 9.17) is 4.74 Å². The highest BCUT2D eigenvalue weighted by atomic mass is 16.6. The van der Waals surface area contributed by atoms with Gasteiger partial charge in [0.2, 0.25) is 0 Å². The normalized spacial score (nSPS) is 19.1. The third kappa shape index (κ3) is 1.29. The van der Waals surface area contributed by atoms with Crippen LogP contribution in [0.3, 0.4) is 0 Å². The Kier molecular flexibility index (Phi) is 1.94. The SMILES string of the molecule is C=C1CCN(CC)C(=O)O1.